The summed E-state index contributed by atoms with van der Waals surface area (Å²) in [6, 6.07) is 6.29. The van der Waals surface area contributed by atoms with Crippen LogP contribution in [0.3, 0.4) is 0 Å². The highest BCUT2D eigenvalue weighted by Crippen LogP contribution is 2.20. The summed E-state index contributed by atoms with van der Waals surface area (Å²) in [4.78, 5) is 14.0. The molecule has 0 aromatic heterocycles. The van der Waals surface area contributed by atoms with Crippen LogP contribution in [0.15, 0.2) is 32.9 Å². The van der Waals surface area contributed by atoms with Gasteiger partial charge in [0.25, 0.3) is 15.9 Å². The van der Waals surface area contributed by atoms with E-state index < -0.39 is 25.9 Å². The van der Waals surface area contributed by atoms with Gasteiger partial charge in [0.2, 0.25) is 0 Å². The lowest BCUT2D eigenvalue weighted by Gasteiger charge is -2.30. The number of carbonyl (C=O) groups is 1. The number of benzene rings is 1. The molecule has 2 aliphatic heterocycles. The highest BCUT2D eigenvalue weighted by molar-refractivity contribution is 8.03. The Kier molecular flexibility index (Phi) is 5.17. The van der Waals surface area contributed by atoms with Gasteiger partial charge >= 0.3 is 0 Å². The maximum Gasteiger partial charge on any atom is 0.290 e. The molecule has 1 aromatic carbocycles. The molecule has 0 N–H and O–H groups in total. The Balaban J connectivity index is 1.73. The third-order valence-corrected chi connectivity index (χ3v) is 8.81. The summed E-state index contributed by atoms with van der Waals surface area (Å²) in [5, 5.41) is 0. The van der Waals surface area contributed by atoms with Gasteiger partial charge in [-0.05, 0) is 31.9 Å². The second-order valence-corrected chi connectivity index (χ2v) is 10.7. The van der Waals surface area contributed by atoms with E-state index in [0.717, 1.165) is 12.0 Å². The molecule has 2 aliphatic rings. The maximum absolute atomic E-state index is 12.8. The van der Waals surface area contributed by atoms with Crippen molar-refractivity contribution in [3.05, 3.63) is 29.8 Å². The normalized spacial score (nSPS) is 23.4. The zero-order chi connectivity index (χ0) is 18.1. The monoisotopic (exact) mass is 386 g/mol. The summed E-state index contributed by atoms with van der Waals surface area (Å²) in [7, 11) is -6.86. The quantitative estimate of drug-likeness (QED) is 0.777. The van der Waals surface area contributed by atoms with Crippen molar-refractivity contribution in [3.63, 3.8) is 0 Å². The molecule has 138 valence electrons. The highest BCUT2D eigenvalue weighted by Gasteiger charge is 2.32. The molecule has 1 atom stereocenters. The molecule has 1 amide bonds. The van der Waals surface area contributed by atoms with Crippen LogP contribution in [0.25, 0.3) is 0 Å². The lowest BCUT2D eigenvalue weighted by atomic mass is 10.2. The molecule has 7 nitrogen and oxygen atoms in total. The predicted octanol–water partition coefficient (Wildman–Crippen LogP) is 1.17. The molecule has 0 aliphatic carbocycles. The molecule has 0 spiro atoms. The van der Waals surface area contributed by atoms with Crippen LogP contribution in [-0.2, 0) is 29.3 Å². The Bertz CT molecular complexity index is 850. The van der Waals surface area contributed by atoms with Crippen LogP contribution in [0.1, 0.15) is 18.4 Å². The number of amides is 1. The van der Waals surface area contributed by atoms with Crippen molar-refractivity contribution in [2.24, 2.45) is 3.77 Å². The highest BCUT2D eigenvalue weighted by atomic mass is 32.3. The number of rotatable bonds is 3. The first kappa shape index (κ1) is 18.3. The van der Waals surface area contributed by atoms with Gasteiger partial charge in [0.05, 0.1) is 26.1 Å². The largest absolute Gasteiger partial charge is 0.368 e. The van der Waals surface area contributed by atoms with Crippen LogP contribution < -0.4 is 0 Å². The van der Waals surface area contributed by atoms with Gasteiger partial charge in [-0.15, -0.1) is 3.77 Å². The van der Waals surface area contributed by atoms with Crippen LogP contribution in [0.4, 0.5) is 0 Å². The first-order valence-corrected chi connectivity index (χ1v) is 11.5. The van der Waals surface area contributed by atoms with Crippen molar-refractivity contribution in [1.82, 2.24) is 4.90 Å². The van der Waals surface area contributed by atoms with E-state index in [2.05, 4.69) is 3.77 Å². The Morgan fingerprint density at radius 2 is 1.88 bits per heavy atom. The lowest BCUT2D eigenvalue weighted by molar-refractivity contribution is -0.140. The second kappa shape index (κ2) is 7.05. The summed E-state index contributed by atoms with van der Waals surface area (Å²) in [6.07, 6.45) is 1.16. The van der Waals surface area contributed by atoms with Crippen molar-refractivity contribution < 1.29 is 22.2 Å². The number of nitrogens with zero attached hydrogens (tertiary/aromatic N) is 2. The fraction of sp³-hybridized carbons (Fsp3) is 0.562. The van der Waals surface area contributed by atoms with Gasteiger partial charge in [-0.2, -0.15) is 8.42 Å². The SMILES string of the molecule is Cc1ccc(S(=O)(=O)N=S2(=O)CCN(C(=O)[C@@H]3CCCO3)CC2)cc1. The van der Waals surface area contributed by atoms with Crippen LogP contribution in [0, 0.1) is 6.92 Å². The van der Waals surface area contributed by atoms with Gasteiger partial charge in [-0.1, -0.05) is 17.7 Å². The topological polar surface area (TPSA) is 93.1 Å². The number of sulfonamides is 1. The minimum absolute atomic E-state index is 0.0405. The number of aryl methyl sites for hydroxylation is 1. The molecule has 1 aromatic rings. The van der Waals surface area contributed by atoms with Gasteiger partial charge in [0.1, 0.15) is 6.10 Å². The standard InChI is InChI=1S/C16H22N2O5S2/c1-13-4-6-14(7-5-13)25(21,22)17-24(20)11-8-18(9-12-24)16(19)15-3-2-10-23-15/h4-7,15H,2-3,8-12H2,1H3/t15-/m0/s1. The summed E-state index contributed by atoms with van der Waals surface area (Å²) >= 11 is 0. The summed E-state index contributed by atoms with van der Waals surface area (Å²) in [6.45, 7) is 2.93. The molecule has 25 heavy (non-hydrogen) atoms. The molecule has 2 saturated heterocycles. The van der Waals surface area contributed by atoms with Gasteiger partial charge in [-0.25, -0.2) is 4.21 Å². The average Bonchev–Trinajstić information content (AvgIpc) is 3.09. The number of carbonyl (C=O) groups excluding carboxylic acids is 1. The van der Waals surface area contributed by atoms with Crippen LogP contribution in [0.5, 0.6) is 0 Å². The zero-order valence-electron chi connectivity index (χ0n) is 14.1. The fourth-order valence-electron chi connectivity index (χ4n) is 2.92. The smallest absolute Gasteiger partial charge is 0.290 e. The van der Waals surface area contributed by atoms with Crippen LogP contribution in [0.2, 0.25) is 0 Å². The second-order valence-electron chi connectivity index (χ2n) is 6.37. The molecule has 9 heteroatoms. The van der Waals surface area contributed by atoms with Crippen molar-refractivity contribution in [1.29, 1.82) is 0 Å². The Morgan fingerprint density at radius 1 is 1.24 bits per heavy atom. The molecule has 0 saturated carbocycles. The molecule has 2 heterocycles. The van der Waals surface area contributed by atoms with E-state index in [1.54, 1.807) is 17.0 Å². The Labute approximate surface area is 148 Å². The Morgan fingerprint density at radius 3 is 2.44 bits per heavy atom. The van der Waals surface area contributed by atoms with E-state index in [4.69, 9.17) is 4.74 Å². The minimum atomic E-state index is -3.97. The lowest BCUT2D eigenvalue weighted by Crippen LogP contribution is -2.47. The van der Waals surface area contributed by atoms with Crippen LogP contribution >= 0.6 is 0 Å². The van der Waals surface area contributed by atoms with E-state index >= 15 is 0 Å². The van der Waals surface area contributed by atoms with Gasteiger partial charge in [-0.3, -0.25) is 4.79 Å². The van der Waals surface area contributed by atoms with Gasteiger partial charge < -0.3 is 9.64 Å². The van der Waals surface area contributed by atoms with E-state index in [-0.39, 0.29) is 35.4 Å². The molecular formula is C16H22N2O5S2. The van der Waals surface area contributed by atoms with E-state index in [0.29, 0.717) is 13.0 Å². The Hall–Kier alpha value is -1.45. The molecule has 0 radical (unpaired) electrons. The average molecular weight is 386 g/mol. The summed E-state index contributed by atoms with van der Waals surface area (Å²) in [5.74, 6) is 0.0351. The molecule has 0 bridgehead atoms. The molecule has 0 unspecified atom stereocenters. The molecule has 2 fully saturated rings. The molecule has 3 rings (SSSR count). The van der Waals surface area contributed by atoms with Crippen molar-refractivity contribution >= 4 is 25.7 Å². The third-order valence-electron chi connectivity index (χ3n) is 4.43. The van der Waals surface area contributed by atoms with Crippen LogP contribution in [-0.4, -0.2) is 60.7 Å². The molecular weight excluding hydrogens is 364 g/mol. The van der Waals surface area contributed by atoms with Gasteiger partial charge in [0, 0.05) is 19.7 Å². The number of hydrogen-bond donors (Lipinski definition) is 0. The van der Waals surface area contributed by atoms with Gasteiger partial charge in [0.15, 0.2) is 0 Å². The first-order chi connectivity index (χ1) is 11.8. The third kappa shape index (κ3) is 4.21. The van der Waals surface area contributed by atoms with E-state index in [1.807, 2.05) is 6.92 Å². The van der Waals surface area contributed by atoms with Crippen molar-refractivity contribution in [2.45, 2.75) is 30.8 Å². The first-order valence-electron chi connectivity index (χ1n) is 8.25. The van der Waals surface area contributed by atoms with Crippen molar-refractivity contribution in [3.8, 4) is 0 Å². The zero-order valence-corrected chi connectivity index (χ0v) is 15.7. The number of hydrogen-bond acceptors (Lipinski definition) is 5. The van der Waals surface area contributed by atoms with E-state index in [1.165, 1.54) is 12.1 Å². The maximum atomic E-state index is 12.8. The summed E-state index contributed by atoms with van der Waals surface area (Å²) in [5.41, 5.74) is 0.934. The predicted molar refractivity (Wildman–Crippen MR) is 94.2 cm³/mol. The minimum Gasteiger partial charge on any atom is -0.368 e. The van der Waals surface area contributed by atoms with Crippen molar-refractivity contribution in [2.75, 3.05) is 31.2 Å². The fourth-order valence-corrected chi connectivity index (χ4v) is 6.99. The summed E-state index contributed by atoms with van der Waals surface area (Å²) < 4.78 is 46.7. The van der Waals surface area contributed by atoms with E-state index in [9.17, 15) is 17.4 Å². The number of ether oxygens (including phenoxy) is 1.